The summed E-state index contributed by atoms with van der Waals surface area (Å²) in [6.07, 6.45) is 1.04. The second-order valence-electron chi connectivity index (χ2n) is 6.92. The Kier molecular flexibility index (Phi) is 10.7. The van der Waals surface area contributed by atoms with E-state index in [0.29, 0.717) is 19.1 Å². The Labute approximate surface area is 169 Å². The molecule has 7 heteroatoms. The van der Waals surface area contributed by atoms with Crippen LogP contribution in [-0.4, -0.2) is 81.4 Å². The van der Waals surface area contributed by atoms with Crippen molar-refractivity contribution in [2.24, 2.45) is 10.7 Å². The smallest absolute Gasteiger partial charge is 0.188 e. The molecule has 0 radical (unpaired) electrons. The molecule has 7 nitrogen and oxygen atoms in total. The number of aliphatic imine (C=N–C) groups is 1. The Morgan fingerprint density at radius 1 is 1.25 bits per heavy atom. The van der Waals surface area contributed by atoms with Crippen molar-refractivity contribution in [3.05, 3.63) is 29.8 Å². The molecule has 0 bridgehead atoms. The Hall–Kier alpha value is -1.83. The summed E-state index contributed by atoms with van der Waals surface area (Å²) in [7, 11) is 0. The van der Waals surface area contributed by atoms with Gasteiger partial charge in [0, 0.05) is 31.7 Å². The molecular formula is C21H37N5O2. The number of hydrogen-bond acceptors (Lipinski definition) is 5. The molecule has 158 valence electrons. The van der Waals surface area contributed by atoms with E-state index in [9.17, 15) is 0 Å². The molecule has 0 spiro atoms. The minimum atomic E-state index is 0.486. The van der Waals surface area contributed by atoms with E-state index < -0.39 is 0 Å². The van der Waals surface area contributed by atoms with Gasteiger partial charge in [-0.15, -0.1) is 0 Å². The highest BCUT2D eigenvalue weighted by Crippen LogP contribution is 2.18. The highest BCUT2D eigenvalue weighted by Gasteiger charge is 2.09. The van der Waals surface area contributed by atoms with Crippen LogP contribution in [0.4, 0.5) is 0 Å². The van der Waals surface area contributed by atoms with Crippen LogP contribution in [0.25, 0.3) is 0 Å². The third kappa shape index (κ3) is 8.46. The van der Waals surface area contributed by atoms with Crippen LogP contribution < -0.4 is 15.8 Å². The van der Waals surface area contributed by atoms with Gasteiger partial charge in [-0.05, 0) is 32.1 Å². The van der Waals surface area contributed by atoms with Gasteiger partial charge >= 0.3 is 0 Å². The highest BCUT2D eigenvalue weighted by atomic mass is 16.5. The fourth-order valence-electron chi connectivity index (χ4n) is 3.17. The van der Waals surface area contributed by atoms with Crippen molar-refractivity contribution >= 4 is 5.96 Å². The van der Waals surface area contributed by atoms with E-state index in [2.05, 4.69) is 34.0 Å². The molecule has 1 fully saturated rings. The number of morpholine rings is 1. The summed E-state index contributed by atoms with van der Waals surface area (Å²) in [6.45, 7) is 14.2. The van der Waals surface area contributed by atoms with Gasteiger partial charge in [0.1, 0.15) is 12.4 Å². The Morgan fingerprint density at radius 2 is 2.00 bits per heavy atom. The van der Waals surface area contributed by atoms with Crippen molar-refractivity contribution in [3.63, 3.8) is 0 Å². The number of nitrogens with zero attached hydrogens (tertiary/aromatic N) is 3. The van der Waals surface area contributed by atoms with E-state index in [1.54, 1.807) is 0 Å². The molecule has 0 amide bonds. The Morgan fingerprint density at radius 3 is 2.75 bits per heavy atom. The van der Waals surface area contributed by atoms with Crippen LogP contribution in [0, 0.1) is 0 Å². The molecule has 0 atom stereocenters. The first kappa shape index (κ1) is 22.5. The molecule has 0 saturated carbocycles. The number of hydrogen-bond donors (Lipinski definition) is 2. The number of likely N-dealkylation sites (N-methyl/N-ethyl adjacent to an activating group) is 1. The average molecular weight is 392 g/mol. The second-order valence-corrected chi connectivity index (χ2v) is 6.92. The van der Waals surface area contributed by atoms with E-state index in [-0.39, 0.29) is 0 Å². The fourth-order valence-corrected chi connectivity index (χ4v) is 3.17. The molecule has 0 aliphatic carbocycles. The second kappa shape index (κ2) is 13.4. The highest BCUT2D eigenvalue weighted by molar-refractivity contribution is 5.77. The number of nitrogens with one attached hydrogen (secondary N) is 1. The molecule has 2 rings (SSSR count). The minimum absolute atomic E-state index is 0.486. The summed E-state index contributed by atoms with van der Waals surface area (Å²) < 4.78 is 11.3. The number of rotatable bonds is 12. The van der Waals surface area contributed by atoms with Crippen LogP contribution >= 0.6 is 0 Å². The van der Waals surface area contributed by atoms with Crippen LogP contribution in [0.3, 0.4) is 0 Å². The van der Waals surface area contributed by atoms with Crippen molar-refractivity contribution < 1.29 is 9.47 Å². The zero-order valence-electron chi connectivity index (χ0n) is 17.5. The predicted molar refractivity (Wildman–Crippen MR) is 115 cm³/mol. The summed E-state index contributed by atoms with van der Waals surface area (Å²) in [4.78, 5) is 9.24. The minimum Gasteiger partial charge on any atom is -0.492 e. The maximum absolute atomic E-state index is 6.02. The molecule has 0 aromatic heterocycles. The number of para-hydroxylation sites is 1. The molecule has 1 saturated heterocycles. The number of nitrogens with two attached hydrogens (primary N) is 1. The number of benzene rings is 1. The zero-order valence-corrected chi connectivity index (χ0v) is 17.5. The molecule has 1 aromatic rings. The van der Waals surface area contributed by atoms with E-state index in [1.165, 1.54) is 0 Å². The SMILES string of the molecule is CCN(CC)CCOc1ccccc1CN=C(N)NCCCN1CCOCC1. The van der Waals surface area contributed by atoms with Crippen LogP contribution in [0.5, 0.6) is 5.75 Å². The molecule has 1 aromatic carbocycles. The topological polar surface area (TPSA) is 75.3 Å². The maximum Gasteiger partial charge on any atom is 0.188 e. The van der Waals surface area contributed by atoms with Gasteiger partial charge in [0.05, 0.1) is 19.8 Å². The zero-order chi connectivity index (χ0) is 20.0. The van der Waals surface area contributed by atoms with Crippen LogP contribution in [0.2, 0.25) is 0 Å². The summed E-state index contributed by atoms with van der Waals surface area (Å²) in [5.41, 5.74) is 7.08. The van der Waals surface area contributed by atoms with Gasteiger partial charge in [0.2, 0.25) is 0 Å². The Bertz CT molecular complexity index is 572. The lowest BCUT2D eigenvalue weighted by molar-refractivity contribution is 0.0376. The van der Waals surface area contributed by atoms with E-state index >= 15 is 0 Å². The summed E-state index contributed by atoms with van der Waals surface area (Å²) in [6, 6.07) is 8.04. The third-order valence-electron chi connectivity index (χ3n) is 5.01. The monoisotopic (exact) mass is 391 g/mol. The first-order chi connectivity index (χ1) is 13.7. The fraction of sp³-hybridized carbons (Fsp3) is 0.667. The van der Waals surface area contributed by atoms with Gasteiger partial charge in [-0.1, -0.05) is 32.0 Å². The van der Waals surface area contributed by atoms with Crippen LogP contribution in [-0.2, 0) is 11.3 Å². The lowest BCUT2D eigenvalue weighted by Crippen LogP contribution is -2.39. The molecule has 1 heterocycles. The number of ether oxygens (including phenoxy) is 2. The summed E-state index contributed by atoms with van der Waals surface area (Å²) in [5, 5.41) is 3.21. The molecule has 1 aliphatic rings. The van der Waals surface area contributed by atoms with Gasteiger partial charge in [0.25, 0.3) is 0 Å². The molecule has 28 heavy (non-hydrogen) atoms. The van der Waals surface area contributed by atoms with E-state index in [1.807, 2.05) is 24.3 Å². The number of guanidine groups is 1. The van der Waals surface area contributed by atoms with Crippen LogP contribution in [0.15, 0.2) is 29.3 Å². The lowest BCUT2D eigenvalue weighted by Gasteiger charge is -2.26. The molecule has 0 unspecified atom stereocenters. The normalized spacial score (nSPS) is 15.8. The average Bonchev–Trinajstić information content (AvgIpc) is 2.74. The van der Waals surface area contributed by atoms with Crippen LogP contribution in [0.1, 0.15) is 25.8 Å². The quantitative estimate of drug-likeness (QED) is 0.320. The van der Waals surface area contributed by atoms with Crippen molar-refractivity contribution in [2.45, 2.75) is 26.8 Å². The predicted octanol–water partition coefficient (Wildman–Crippen LogP) is 1.53. The van der Waals surface area contributed by atoms with Gasteiger partial charge < -0.3 is 25.4 Å². The van der Waals surface area contributed by atoms with Gasteiger partial charge in [-0.25, -0.2) is 4.99 Å². The summed E-state index contributed by atoms with van der Waals surface area (Å²) in [5.74, 6) is 1.37. The Balaban J connectivity index is 1.71. The van der Waals surface area contributed by atoms with Gasteiger partial charge in [-0.2, -0.15) is 0 Å². The van der Waals surface area contributed by atoms with Gasteiger partial charge in [-0.3, -0.25) is 4.90 Å². The first-order valence-electron chi connectivity index (χ1n) is 10.5. The van der Waals surface area contributed by atoms with Crippen molar-refractivity contribution in [2.75, 3.05) is 65.6 Å². The third-order valence-corrected chi connectivity index (χ3v) is 5.01. The van der Waals surface area contributed by atoms with E-state index in [0.717, 1.165) is 76.8 Å². The van der Waals surface area contributed by atoms with E-state index in [4.69, 9.17) is 15.2 Å². The first-order valence-corrected chi connectivity index (χ1v) is 10.5. The van der Waals surface area contributed by atoms with Crippen molar-refractivity contribution in [1.29, 1.82) is 0 Å². The summed E-state index contributed by atoms with van der Waals surface area (Å²) >= 11 is 0. The molecule has 3 N–H and O–H groups in total. The van der Waals surface area contributed by atoms with Crippen molar-refractivity contribution in [3.8, 4) is 5.75 Å². The molecular weight excluding hydrogens is 354 g/mol. The lowest BCUT2D eigenvalue weighted by atomic mass is 10.2. The largest absolute Gasteiger partial charge is 0.492 e. The van der Waals surface area contributed by atoms with Gasteiger partial charge in [0.15, 0.2) is 5.96 Å². The van der Waals surface area contributed by atoms with Crippen molar-refractivity contribution in [1.82, 2.24) is 15.1 Å². The maximum atomic E-state index is 6.02. The standard InChI is InChI=1S/C21H37N5O2/c1-3-25(4-2)14-17-28-20-9-6-5-8-19(20)18-24-21(22)23-10-7-11-26-12-15-27-16-13-26/h5-6,8-9H,3-4,7,10-18H2,1-2H3,(H3,22,23,24). The molecule has 1 aliphatic heterocycles.